The average Bonchev–Trinajstić information content (AvgIpc) is 3.17. The molecule has 3 heterocycles. The first-order valence-corrected chi connectivity index (χ1v) is 6.95. The van der Waals surface area contributed by atoms with Crippen molar-refractivity contribution in [1.82, 2.24) is 19.8 Å². The van der Waals surface area contributed by atoms with Crippen LogP contribution in [0.15, 0.2) is 22.9 Å². The number of aromatic nitrogens is 3. The highest BCUT2D eigenvalue weighted by Crippen LogP contribution is 2.33. The van der Waals surface area contributed by atoms with Crippen LogP contribution < -0.4 is 0 Å². The van der Waals surface area contributed by atoms with Gasteiger partial charge >= 0.3 is 0 Å². The van der Waals surface area contributed by atoms with Crippen molar-refractivity contribution < 1.29 is 9.32 Å². The van der Waals surface area contributed by atoms with Crippen LogP contribution in [0.25, 0.3) is 0 Å². The van der Waals surface area contributed by atoms with Crippen LogP contribution in [-0.2, 0) is 13.5 Å². The minimum atomic E-state index is -0.0393. The van der Waals surface area contributed by atoms with E-state index >= 15 is 0 Å². The first-order chi connectivity index (χ1) is 9.69. The Bertz CT molecular complexity index is 616. The predicted molar refractivity (Wildman–Crippen MR) is 72.1 cm³/mol. The van der Waals surface area contributed by atoms with E-state index in [0.717, 1.165) is 37.3 Å². The van der Waals surface area contributed by atoms with E-state index in [1.165, 1.54) is 0 Å². The number of carbonyl (C=O) groups is 1. The van der Waals surface area contributed by atoms with Gasteiger partial charge in [0, 0.05) is 25.9 Å². The Balaban J connectivity index is 1.83. The molecule has 0 spiro atoms. The highest BCUT2D eigenvalue weighted by atomic mass is 16.5. The van der Waals surface area contributed by atoms with Gasteiger partial charge in [-0.3, -0.25) is 9.48 Å². The van der Waals surface area contributed by atoms with Crippen molar-refractivity contribution in [2.45, 2.75) is 32.2 Å². The van der Waals surface area contributed by atoms with Gasteiger partial charge in [0.05, 0.1) is 11.7 Å². The topological polar surface area (TPSA) is 64.2 Å². The summed E-state index contributed by atoms with van der Waals surface area (Å²) in [5.41, 5.74) is 1.41. The second-order valence-electron chi connectivity index (χ2n) is 5.11. The van der Waals surface area contributed by atoms with Gasteiger partial charge in [0.25, 0.3) is 5.91 Å². The number of rotatable bonds is 3. The van der Waals surface area contributed by atoms with E-state index in [-0.39, 0.29) is 11.9 Å². The summed E-state index contributed by atoms with van der Waals surface area (Å²) < 4.78 is 7.03. The molecule has 0 bridgehead atoms. The summed E-state index contributed by atoms with van der Waals surface area (Å²) in [5.74, 6) is 0.742. The standard InChI is InChI=1S/C14H18N4O2/c1-3-10-9-13(20-16-10)12-5-4-7-18(12)14(19)11-6-8-17(2)15-11/h6,8-9,12H,3-5,7H2,1-2H3/t12-/m0/s1. The lowest BCUT2D eigenvalue weighted by atomic mass is 10.1. The molecule has 0 saturated carbocycles. The van der Waals surface area contributed by atoms with Crippen LogP contribution >= 0.6 is 0 Å². The number of carbonyl (C=O) groups excluding carboxylic acids is 1. The number of hydrogen-bond acceptors (Lipinski definition) is 4. The van der Waals surface area contributed by atoms with Crippen molar-refractivity contribution in [2.75, 3.05) is 6.54 Å². The maximum Gasteiger partial charge on any atom is 0.274 e. The zero-order valence-electron chi connectivity index (χ0n) is 11.7. The fourth-order valence-corrected chi connectivity index (χ4v) is 2.63. The minimum Gasteiger partial charge on any atom is -0.359 e. The maximum atomic E-state index is 12.5. The highest BCUT2D eigenvalue weighted by Gasteiger charge is 2.34. The normalized spacial score (nSPS) is 18.7. The second kappa shape index (κ2) is 5.11. The van der Waals surface area contributed by atoms with E-state index < -0.39 is 0 Å². The Hall–Kier alpha value is -2.11. The maximum absolute atomic E-state index is 12.5. The van der Waals surface area contributed by atoms with E-state index in [2.05, 4.69) is 10.3 Å². The van der Waals surface area contributed by atoms with Gasteiger partial charge in [0.15, 0.2) is 5.76 Å². The second-order valence-corrected chi connectivity index (χ2v) is 5.11. The molecule has 0 aromatic carbocycles. The summed E-state index contributed by atoms with van der Waals surface area (Å²) in [6.45, 7) is 2.77. The van der Waals surface area contributed by atoms with Gasteiger partial charge in [0.2, 0.25) is 0 Å². The molecule has 2 aromatic heterocycles. The average molecular weight is 274 g/mol. The molecule has 6 heteroatoms. The van der Waals surface area contributed by atoms with E-state index in [0.29, 0.717) is 5.69 Å². The monoisotopic (exact) mass is 274 g/mol. The molecule has 1 saturated heterocycles. The van der Waals surface area contributed by atoms with Crippen LogP contribution in [0.5, 0.6) is 0 Å². The Morgan fingerprint density at radius 3 is 3.05 bits per heavy atom. The Morgan fingerprint density at radius 2 is 2.40 bits per heavy atom. The first-order valence-electron chi connectivity index (χ1n) is 6.95. The summed E-state index contributed by atoms with van der Waals surface area (Å²) in [6, 6.07) is 3.68. The third-order valence-electron chi connectivity index (χ3n) is 3.71. The molecule has 1 amide bonds. The molecule has 1 aliphatic rings. The number of likely N-dealkylation sites (tertiary alicyclic amines) is 1. The molecular weight excluding hydrogens is 256 g/mol. The Morgan fingerprint density at radius 1 is 1.55 bits per heavy atom. The van der Waals surface area contributed by atoms with Crippen molar-refractivity contribution >= 4 is 5.91 Å². The third-order valence-corrected chi connectivity index (χ3v) is 3.71. The molecule has 0 radical (unpaired) electrons. The van der Waals surface area contributed by atoms with Crippen molar-refractivity contribution in [3.05, 3.63) is 35.5 Å². The molecule has 1 atom stereocenters. The van der Waals surface area contributed by atoms with Gasteiger partial charge in [-0.05, 0) is 25.3 Å². The van der Waals surface area contributed by atoms with Crippen molar-refractivity contribution in [3.8, 4) is 0 Å². The molecule has 1 fully saturated rings. The summed E-state index contributed by atoms with van der Waals surface area (Å²) in [7, 11) is 1.81. The van der Waals surface area contributed by atoms with Gasteiger partial charge < -0.3 is 9.42 Å². The Kier molecular flexibility index (Phi) is 3.30. The fourth-order valence-electron chi connectivity index (χ4n) is 2.63. The van der Waals surface area contributed by atoms with Crippen molar-refractivity contribution in [3.63, 3.8) is 0 Å². The molecule has 1 aliphatic heterocycles. The quantitative estimate of drug-likeness (QED) is 0.858. The third kappa shape index (κ3) is 2.21. The number of aryl methyl sites for hydroxylation is 2. The molecule has 0 N–H and O–H groups in total. The molecule has 20 heavy (non-hydrogen) atoms. The predicted octanol–water partition coefficient (Wildman–Crippen LogP) is 1.95. The van der Waals surface area contributed by atoms with Crippen LogP contribution in [0.1, 0.15) is 47.7 Å². The van der Waals surface area contributed by atoms with E-state index in [1.807, 2.05) is 24.9 Å². The van der Waals surface area contributed by atoms with E-state index in [4.69, 9.17) is 4.52 Å². The van der Waals surface area contributed by atoms with E-state index in [9.17, 15) is 4.79 Å². The van der Waals surface area contributed by atoms with Gasteiger partial charge in [-0.25, -0.2) is 0 Å². The van der Waals surface area contributed by atoms with Crippen LogP contribution in [0.3, 0.4) is 0 Å². The molecule has 6 nitrogen and oxygen atoms in total. The van der Waals surface area contributed by atoms with Gasteiger partial charge in [-0.15, -0.1) is 0 Å². The largest absolute Gasteiger partial charge is 0.359 e. The number of hydrogen-bond donors (Lipinski definition) is 0. The number of nitrogens with zero attached hydrogens (tertiary/aromatic N) is 4. The van der Waals surface area contributed by atoms with E-state index in [1.54, 1.807) is 16.9 Å². The van der Waals surface area contributed by atoms with Crippen LogP contribution in [-0.4, -0.2) is 32.3 Å². The van der Waals surface area contributed by atoms with Crippen LogP contribution in [0, 0.1) is 0 Å². The van der Waals surface area contributed by atoms with Gasteiger partial charge in [-0.2, -0.15) is 5.10 Å². The molecule has 0 aliphatic carbocycles. The van der Waals surface area contributed by atoms with Crippen molar-refractivity contribution in [2.24, 2.45) is 7.05 Å². The molecule has 2 aromatic rings. The van der Waals surface area contributed by atoms with Crippen LogP contribution in [0.4, 0.5) is 0 Å². The zero-order valence-corrected chi connectivity index (χ0v) is 11.7. The lowest BCUT2D eigenvalue weighted by Crippen LogP contribution is -2.30. The zero-order chi connectivity index (χ0) is 14.1. The van der Waals surface area contributed by atoms with Crippen LogP contribution in [0.2, 0.25) is 0 Å². The summed E-state index contributed by atoms with van der Waals surface area (Å²) >= 11 is 0. The minimum absolute atomic E-state index is 0.0164. The van der Waals surface area contributed by atoms with Gasteiger partial charge in [-0.1, -0.05) is 12.1 Å². The highest BCUT2D eigenvalue weighted by molar-refractivity contribution is 5.92. The molecule has 3 rings (SSSR count). The molecule has 106 valence electrons. The smallest absolute Gasteiger partial charge is 0.274 e. The summed E-state index contributed by atoms with van der Waals surface area (Å²) in [5, 5.41) is 8.20. The first kappa shape index (κ1) is 12.9. The molecular formula is C14H18N4O2. The van der Waals surface area contributed by atoms with Gasteiger partial charge in [0.1, 0.15) is 5.69 Å². The Labute approximate surface area is 117 Å². The number of amides is 1. The molecule has 0 unspecified atom stereocenters. The fraction of sp³-hybridized carbons (Fsp3) is 0.500. The summed E-state index contributed by atoms with van der Waals surface area (Å²) in [4.78, 5) is 14.3. The lowest BCUT2D eigenvalue weighted by molar-refractivity contribution is 0.0708. The lowest BCUT2D eigenvalue weighted by Gasteiger charge is -2.21. The van der Waals surface area contributed by atoms with Crippen molar-refractivity contribution in [1.29, 1.82) is 0 Å². The SMILES string of the molecule is CCc1cc([C@@H]2CCCN2C(=O)c2ccn(C)n2)on1. The summed E-state index contributed by atoms with van der Waals surface area (Å²) in [6.07, 6.45) is 4.51.